The van der Waals surface area contributed by atoms with Crippen LogP contribution in [0.2, 0.25) is 0 Å². The number of nitrogens with zero attached hydrogens (tertiary/aromatic N) is 2. The summed E-state index contributed by atoms with van der Waals surface area (Å²) in [7, 11) is 0. The molecule has 0 aromatic carbocycles. The molecule has 4 N–H and O–H groups in total. The fourth-order valence-electron chi connectivity index (χ4n) is 3.03. The number of hydrogen-bond acceptors (Lipinski definition) is 5. The molecule has 0 radical (unpaired) electrons. The van der Waals surface area contributed by atoms with Crippen LogP contribution in [0.1, 0.15) is 57.2 Å². The maximum atomic E-state index is 12.6. The van der Waals surface area contributed by atoms with E-state index in [4.69, 9.17) is 0 Å². The van der Waals surface area contributed by atoms with E-state index in [1.54, 1.807) is 6.92 Å². The quantitative estimate of drug-likeness (QED) is 0.644. The summed E-state index contributed by atoms with van der Waals surface area (Å²) in [6, 6.07) is -0.606. The normalized spacial score (nSPS) is 24.0. The summed E-state index contributed by atoms with van der Waals surface area (Å²) in [6.45, 7) is 5.36. The summed E-state index contributed by atoms with van der Waals surface area (Å²) in [5.41, 5.74) is -0.557. The van der Waals surface area contributed by atoms with Crippen LogP contribution in [-0.2, 0) is 4.79 Å². The zero-order chi connectivity index (χ0) is 16.3. The summed E-state index contributed by atoms with van der Waals surface area (Å²) in [5.74, 6) is 1.14. The number of aryl methyl sites for hydroxylation is 1. The number of aliphatic hydroxyl groups is 2. The monoisotopic (exact) mass is 310 g/mol. The Bertz CT molecular complexity index is 507. The first-order valence-electron chi connectivity index (χ1n) is 7.83. The summed E-state index contributed by atoms with van der Waals surface area (Å²) in [4.78, 5) is 16.8. The Balaban J connectivity index is 2.02. The highest BCUT2D eigenvalue weighted by molar-refractivity contribution is 5.82. The Labute approximate surface area is 130 Å². The van der Waals surface area contributed by atoms with E-state index in [-0.39, 0.29) is 24.5 Å². The molecule has 1 aliphatic carbocycles. The van der Waals surface area contributed by atoms with Crippen molar-refractivity contribution in [3.63, 3.8) is 0 Å². The number of aliphatic hydroxyl groups excluding tert-OH is 2. The van der Waals surface area contributed by atoms with Crippen LogP contribution < -0.4 is 5.32 Å². The minimum atomic E-state index is -0.606. The van der Waals surface area contributed by atoms with Crippen LogP contribution in [0.25, 0.3) is 0 Å². The van der Waals surface area contributed by atoms with Gasteiger partial charge in [-0.2, -0.15) is 5.10 Å². The number of aromatic nitrogens is 3. The minimum absolute atomic E-state index is 0.115. The Hall–Kier alpha value is -1.47. The molecule has 2 rings (SSSR count). The highest BCUT2D eigenvalue weighted by atomic mass is 16.3. The lowest BCUT2D eigenvalue weighted by atomic mass is 9.70. The maximum Gasteiger partial charge on any atom is 0.226 e. The van der Waals surface area contributed by atoms with Crippen molar-refractivity contribution >= 4 is 5.91 Å². The lowest BCUT2D eigenvalue weighted by molar-refractivity contribution is -0.134. The van der Waals surface area contributed by atoms with Gasteiger partial charge in [0.1, 0.15) is 11.9 Å². The molecule has 1 amide bonds. The molecule has 124 valence electrons. The molecule has 22 heavy (non-hydrogen) atoms. The predicted octanol–water partition coefficient (Wildman–Crippen LogP) is 0.840. The first-order chi connectivity index (χ1) is 10.3. The van der Waals surface area contributed by atoms with Gasteiger partial charge in [0.2, 0.25) is 5.91 Å². The van der Waals surface area contributed by atoms with Gasteiger partial charge in [0.05, 0.1) is 12.7 Å². The summed E-state index contributed by atoms with van der Waals surface area (Å²) in [6.07, 6.45) is 2.92. The van der Waals surface area contributed by atoms with Crippen molar-refractivity contribution in [2.24, 2.45) is 11.3 Å². The van der Waals surface area contributed by atoms with Crippen molar-refractivity contribution in [2.75, 3.05) is 6.61 Å². The van der Waals surface area contributed by atoms with E-state index >= 15 is 0 Å². The Morgan fingerprint density at radius 1 is 1.41 bits per heavy atom. The van der Waals surface area contributed by atoms with E-state index in [9.17, 15) is 15.0 Å². The number of aromatic amines is 1. The predicted molar refractivity (Wildman–Crippen MR) is 80.8 cm³/mol. The average Bonchev–Trinajstić information content (AvgIpc) is 2.91. The van der Waals surface area contributed by atoms with E-state index in [1.807, 2.05) is 13.8 Å². The van der Waals surface area contributed by atoms with Gasteiger partial charge >= 0.3 is 0 Å². The van der Waals surface area contributed by atoms with E-state index in [2.05, 4.69) is 20.5 Å². The topological polar surface area (TPSA) is 111 Å². The van der Waals surface area contributed by atoms with Crippen LogP contribution in [0, 0.1) is 18.3 Å². The van der Waals surface area contributed by atoms with Crippen LogP contribution in [-0.4, -0.2) is 44.0 Å². The van der Waals surface area contributed by atoms with Gasteiger partial charge in [-0.25, -0.2) is 4.98 Å². The molecule has 1 atom stereocenters. The lowest BCUT2D eigenvalue weighted by Crippen LogP contribution is -2.45. The number of rotatable bonds is 5. The molecule has 1 aromatic rings. The van der Waals surface area contributed by atoms with Gasteiger partial charge < -0.3 is 15.5 Å². The fourth-order valence-corrected chi connectivity index (χ4v) is 3.03. The van der Waals surface area contributed by atoms with Gasteiger partial charge in [0.15, 0.2) is 5.82 Å². The van der Waals surface area contributed by atoms with Crippen molar-refractivity contribution < 1.29 is 15.0 Å². The molecule has 1 saturated carbocycles. The molecule has 7 heteroatoms. The molecular weight excluding hydrogens is 284 g/mol. The molecule has 0 spiro atoms. The van der Waals surface area contributed by atoms with E-state index in [0.717, 1.165) is 25.7 Å². The van der Waals surface area contributed by atoms with Gasteiger partial charge in [-0.3, -0.25) is 9.89 Å². The molecule has 0 unspecified atom stereocenters. The number of hydrogen-bond donors (Lipinski definition) is 4. The Kier molecular flexibility index (Phi) is 5.18. The molecule has 1 aromatic heterocycles. The third-order valence-electron chi connectivity index (χ3n) is 4.72. The maximum absolute atomic E-state index is 12.6. The third-order valence-corrected chi connectivity index (χ3v) is 4.72. The van der Waals surface area contributed by atoms with Gasteiger partial charge in [-0.1, -0.05) is 13.8 Å². The number of nitrogens with one attached hydrogen (secondary N) is 2. The number of carbonyl (C=O) groups is 1. The molecule has 0 saturated heterocycles. The highest BCUT2D eigenvalue weighted by Crippen LogP contribution is 2.38. The summed E-state index contributed by atoms with van der Waals surface area (Å²) in [5, 5.41) is 28.7. The van der Waals surface area contributed by atoms with Gasteiger partial charge in [0.25, 0.3) is 0 Å². The van der Waals surface area contributed by atoms with Gasteiger partial charge in [-0.05, 0) is 38.5 Å². The van der Waals surface area contributed by atoms with E-state index < -0.39 is 11.5 Å². The third kappa shape index (κ3) is 3.64. The van der Waals surface area contributed by atoms with E-state index in [0.29, 0.717) is 11.6 Å². The zero-order valence-corrected chi connectivity index (χ0v) is 13.5. The standard InChI is InChI=1S/C15H26N4O3/c1-9-16-13(19-18-9)12(8-20)17-14(22)15(2,3)10-4-6-11(21)7-5-10/h10-12,20-21H,4-8H2,1-3H3,(H,17,22)(H,16,18,19)/t10?,11?,12-/m1/s1. The van der Waals surface area contributed by atoms with Crippen molar-refractivity contribution in [3.8, 4) is 0 Å². The lowest BCUT2D eigenvalue weighted by Gasteiger charge is -2.37. The number of amides is 1. The first kappa shape index (κ1) is 16.9. The molecular formula is C15H26N4O3. The second kappa shape index (κ2) is 6.75. The minimum Gasteiger partial charge on any atom is -0.394 e. The second-order valence-corrected chi connectivity index (χ2v) is 6.71. The smallest absolute Gasteiger partial charge is 0.226 e. The SMILES string of the molecule is Cc1nc([C@@H](CO)NC(=O)C(C)(C)C2CCC(O)CC2)n[nH]1. The largest absolute Gasteiger partial charge is 0.394 e. The van der Waals surface area contributed by atoms with Crippen LogP contribution >= 0.6 is 0 Å². The Morgan fingerprint density at radius 3 is 2.55 bits per heavy atom. The van der Waals surface area contributed by atoms with E-state index in [1.165, 1.54) is 0 Å². The second-order valence-electron chi connectivity index (χ2n) is 6.71. The van der Waals surface area contributed by atoms with Crippen molar-refractivity contribution in [2.45, 2.75) is 58.6 Å². The van der Waals surface area contributed by atoms with Crippen molar-refractivity contribution in [3.05, 3.63) is 11.6 Å². The Morgan fingerprint density at radius 2 is 2.05 bits per heavy atom. The molecule has 1 fully saturated rings. The first-order valence-corrected chi connectivity index (χ1v) is 7.83. The number of H-pyrrole nitrogens is 1. The van der Waals surface area contributed by atoms with Gasteiger partial charge in [-0.15, -0.1) is 0 Å². The highest BCUT2D eigenvalue weighted by Gasteiger charge is 2.39. The summed E-state index contributed by atoms with van der Waals surface area (Å²) >= 11 is 0. The molecule has 1 heterocycles. The van der Waals surface area contributed by atoms with Crippen LogP contribution in [0.15, 0.2) is 0 Å². The average molecular weight is 310 g/mol. The zero-order valence-electron chi connectivity index (χ0n) is 13.5. The van der Waals surface area contributed by atoms with Crippen molar-refractivity contribution in [1.29, 1.82) is 0 Å². The van der Waals surface area contributed by atoms with Crippen LogP contribution in [0.5, 0.6) is 0 Å². The molecule has 7 nitrogen and oxygen atoms in total. The summed E-state index contributed by atoms with van der Waals surface area (Å²) < 4.78 is 0. The van der Waals surface area contributed by atoms with Gasteiger partial charge in [0, 0.05) is 5.41 Å². The van der Waals surface area contributed by atoms with Crippen molar-refractivity contribution in [1.82, 2.24) is 20.5 Å². The molecule has 0 bridgehead atoms. The fraction of sp³-hybridized carbons (Fsp3) is 0.800. The van der Waals surface area contributed by atoms with Crippen LogP contribution in [0.3, 0.4) is 0 Å². The van der Waals surface area contributed by atoms with Crippen LogP contribution in [0.4, 0.5) is 0 Å². The number of carbonyl (C=O) groups excluding carboxylic acids is 1. The molecule has 1 aliphatic rings. The molecule has 0 aliphatic heterocycles.